The summed E-state index contributed by atoms with van der Waals surface area (Å²) >= 11 is 0. The van der Waals surface area contributed by atoms with Crippen LogP contribution in [0.2, 0.25) is 0 Å². The average Bonchev–Trinajstić information content (AvgIpc) is 3.28. The first kappa shape index (κ1) is 43.3. The maximum absolute atomic E-state index is 13.9. The van der Waals surface area contributed by atoms with E-state index < -0.39 is 66.9 Å². The standard InChI is InChI=1S/C45H42F3NO11/c1-54-34-22-18-32(19-23-34)44(31-16-10-5-11-17-31,33-20-24-35(55-2)25-21-33)57-27-26-56-42-37(49-43(53)45(46,47)48)39(60-41(52)30-14-8-4-9-15-30)38(36(28-50)58-42)59-40(51)29-12-6-3-7-13-29/h3-25,36-39,42,50H,26-28H2,1-2H3,(H,49,53)/t36-,37-,38-,39-,42-/m1/s1. The second-order valence-corrected chi connectivity index (χ2v) is 13.4. The SMILES string of the molecule is COc1ccc(C(OCCO[C@@H]2O[C@H](CO)[C@@H](OC(=O)c3ccccc3)[C@H](OC(=O)c3ccccc3)[C@H]2NC(=O)C(F)(F)F)(c2ccccc2)c2ccc(OC)cc2)cc1. The van der Waals surface area contributed by atoms with Crippen molar-refractivity contribution in [1.29, 1.82) is 0 Å². The van der Waals surface area contributed by atoms with Crippen molar-refractivity contribution in [1.82, 2.24) is 5.32 Å². The molecule has 1 fully saturated rings. The monoisotopic (exact) mass is 829 g/mol. The molecule has 12 nitrogen and oxygen atoms in total. The number of amides is 1. The molecule has 15 heteroatoms. The Kier molecular flexibility index (Phi) is 14.2. The van der Waals surface area contributed by atoms with Crippen molar-refractivity contribution >= 4 is 17.8 Å². The highest BCUT2D eigenvalue weighted by molar-refractivity contribution is 5.90. The Bertz CT molecular complexity index is 2110. The van der Waals surface area contributed by atoms with Crippen LogP contribution >= 0.6 is 0 Å². The van der Waals surface area contributed by atoms with Gasteiger partial charge in [0.25, 0.3) is 0 Å². The molecule has 0 aliphatic carbocycles. The van der Waals surface area contributed by atoms with E-state index in [1.54, 1.807) is 62.8 Å². The molecule has 1 amide bonds. The molecular weight excluding hydrogens is 787 g/mol. The predicted molar refractivity (Wildman–Crippen MR) is 209 cm³/mol. The van der Waals surface area contributed by atoms with Crippen molar-refractivity contribution < 1.29 is 65.8 Å². The first-order valence-corrected chi connectivity index (χ1v) is 18.7. The van der Waals surface area contributed by atoms with E-state index in [4.69, 9.17) is 33.2 Å². The molecular formula is C45H42F3NO11. The van der Waals surface area contributed by atoms with Crippen molar-refractivity contribution in [3.8, 4) is 11.5 Å². The fourth-order valence-corrected chi connectivity index (χ4v) is 6.83. The van der Waals surface area contributed by atoms with Gasteiger partial charge in [-0.2, -0.15) is 13.2 Å². The van der Waals surface area contributed by atoms with E-state index in [2.05, 4.69) is 0 Å². The number of ether oxygens (including phenoxy) is 7. The molecule has 1 aliphatic rings. The van der Waals surface area contributed by atoms with Crippen molar-refractivity contribution in [3.63, 3.8) is 0 Å². The summed E-state index contributed by atoms with van der Waals surface area (Å²) in [5.74, 6) is -3.23. The Morgan fingerprint density at radius 1 is 0.633 bits per heavy atom. The summed E-state index contributed by atoms with van der Waals surface area (Å²) in [6.45, 7) is -1.48. The fourth-order valence-electron chi connectivity index (χ4n) is 6.83. The first-order chi connectivity index (χ1) is 29.0. The lowest BCUT2D eigenvalue weighted by molar-refractivity contribution is -0.273. The van der Waals surface area contributed by atoms with Crippen LogP contribution in [0.25, 0.3) is 0 Å². The highest BCUT2D eigenvalue weighted by atomic mass is 19.4. The Balaban J connectivity index is 1.35. The maximum atomic E-state index is 13.9. The number of esters is 2. The van der Waals surface area contributed by atoms with Gasteiger partial charge in [0.05, 0.1) is 45.2 Å². The second-order valence-electron chi connectivity index (χ2n) is 13.4. The zero-order chi connectivity index (χ0) is 42.7. The number of methoxy groups -OCH3 is 2. The van der Waals surface area contributed by atoms with E-state index in [0.717, 1.165) is 0 Å². The average molecular weight is 830 g/mol. The molecule has 0 unspecified atom stereocenters. The van der Waals surface area contributed by atoms with Gasteiger partial charge in [0.1, 0.15) is 29.2 Å². The summed E-state index contributed by atoms with van der Waals surface area (Å²) in [5, 5.41) is 12.4. The van der Waals surface area contributed by atoms with E-state index in [1.807, 2.05) is 59.9 Å². The van der Waals surface area contributed by atoms with Gasteiger partial charge in [-0.25, -0.2) is 9.59 Å². The van der Waals surface area contributed by atoms with Gasteiger partial charge >= 0.3 is 24.0 Å². The molecule has 6 rings (SSSR count). The van der Waals surface area contributed by atoms with Gasteiger partial charge < -0.3 is 43.6 Å². The number of benzene rings is 5. The Morgan fingerprint density at radius 3 is 1.53 bits per heavy atom. The molecule has 0 aromatic heterocycles. The van der Waals surface area contributed by atoms with Crippen molar-refractivity contribution in [2.24, 2.45) is 0 Å². The van der Waals surface area contributed by atoms with Gasteiger partial charge in [-0.15, -0.1) is 0 Å². The van der Waals surface area contributed by atoms with Crippen LogP contribution < -0.4 is 14.8 Å². The first-order valence-electron chi connectivity index (χ1n) is 18.7. The van der Waals surface area contributed by atoms with E-state index in [-0.39, 0.29) is 24.3 Å². The fraction of sp³-hybridized carbons (Fsp3) is 0.267. The van der Waals surface area contributed by atoms with Crippen molar-refractivity contribution in [3.05, 3.63) is 167 Å². The number of alkyl halides is 3. The lowest BCUT2D eigenvalue weighted by atomic mass is 9.80. The second kappa shape index (κ2) is 19.7. The highest BCUT2D eigenvalue weighted by Gasteiger charge is 2.54. The number of nitrogens with one attached hydrogen (secondary N) is 1. The third kappa shape index (κ3) is 9.94. The van der Waals surface area contributed by atoms with Crippen LogP contribution in [0.1, 0.15) is 37.4 Å². The molecule has 0 bridgehead atoms. The van der Waals surface area contributed by atoms with Crippen LogP contribution in [0.4, 0.5) is 13.2 Å². The summed E-state index contributed by atoms with van der Waals surface area (Å²) in [6.07, 6.45) is -12.3. The molecule has 1 heterocycles. The molecule has 2 N–H and O–H groups in total. The molecule has 1 aliphatic heterocycles. The largest absolute Gasteiger partial charge is 0.497 e. The van der Waals surface area contributed by atoms with Crippen LogP contribution in [0.15, 0.2) is 140 Å². The van der Waals surface area contributed by atoms with Crippen molar-refractivity contribution in [2.75, 3.05) is 34.0 Å². The topological polar surface area (TPSA) is 148 Å². The smallest absolute Gasteiger partial charge is 0.471 e. The summed E-state index contributed by atoms with van der Waals surface area (Å²) in [4.78, 5) is 39.5. The van der Waals surface area contributed by atoms with Crippen LogP contribution in [0.3, 0.4) is 0 Å². The van der Waals surface area contributed by atoms with Gasteiger partial charge in [-0.3, -0.25) is 4.79 Å². The van der Waals surface area contributed by atoms with E-state index >= 15 is 0 Å². The maximum Gasteiger partial charge on any atom is 0.471 e. The zero-order valence-corrected chi connectivity index (χ0v) is 32.5. The van der Waals surface area contributed by atoms with E-state index in [1.165, 1.54) is 36.4 Å². The molecule has 314 valence electrons. The van der Waals surface area contributed by atoms with Gasteiger partial charge in [0, 0.05) is 0 Å². The number of aliphatic hydroxyl groups is 1. The summed E-state index contributed by atoms with van der Waals surface area (Å²) in [7, 11) is 3.08. The Hall–Kier alpha value is -6.26. The molecule has 5 atom stereocenters. The van der Waals surface area contributed by atoms with Crippen molar-refractivity contribution in [2.45, 2.75) is 42.4 Å². The minimum atomic E-state index is -5.41. The quantitative estimate of drug-likeness (QED) is 0.0662. The summed E-state index contributed by atoms with van der Waals surface area (Å²) in [6, 6.07) is 36.8. The van der Waals surface area contributed by atoms with E-state index in [9.17, 15) is 32.7 Å². The third-order valence-corrected chi connectivity index (χ3v) is 9.74. The lowest BCUT2D eigenvalue weighted by Gasteiger charge is -2.45. The number of aliphatic hydroxyl groups excluding tert-OH is 1. The minimum absolute atomic E-state index is 0.00115. The molecule has 5 aromatic carbocycles. The molecule has 5 aromatic rings. The normalized spacial score (nSPS) is 19.1. The van der Waals surface area contributed by atoms with Gasteiger partial charge in [-0.05, 0) is 65.2 Å². The van der Waals surface area contributed by atoms with Crippen LogP contribution in [0.5, 0.6) is 11.5 Å². The Morgan fingerprint density at radius 2 is 1.08 bits per heavy atom. The van der Waals surface area contributed by atoms with Crippen LogP contribution in [0, 0.1) is 0 Å². The number of hydrogen-bond donors (Lipinski definition) is 2. The summed E-state index contributed by atoms with van der Waals surface area (Å²) in [5.41, 5.74) is 0.808. The molecule has 0 radical (unpaired) electrons. The van der Waals surface area contributed by atoms with E-state index in [0.29, 0.717) is 28.2 Å². The third-order valence-electron chi connectivity index (χ3n) is 9.74. The van der Waals surface area contributed by atoms with Crippen LogP contribution in [-0.2, 0) is 34.1 Å². The predicted octanol–water partition coefficient (Wildman–Crippen LogP) is 6.24. The van der Waals surface area contributed by atoms with Gasteiger partial charge in [0.2, 0.25) is 0 Å². The van der Waals surface area contributed by atoms with Crippen LogP contribution in [-0.4, -0.2) is 93.8 Å². The molecule has 1 saturated heterocycles. The number of halogens is 3. The summed E-state index contributed by atoms with van der Waals surface area (Å²) < 4.78 is 82.8. The van der Waals surface area contributed by atoms with Gasteiger partial charge in [0.15, 0.2) is 18.5 Å². The zero-order valence-electron chi connectivity index (χ0n) is 32.5. The number of carbonyl (C=O) groups is 3. The Labute approximate surface area is 343 Å². The number of rotatable bonds is 16. The minimum Gasteiger partial charge on any atom is -0.497 e. The lowest BCUT2D eigenvalue weighted by Crippen LogP contribution is -2.67. The number of carbonyl (C=O) groups excluding carboxylic acids is 3. The molecule has 0 spiro atoms. The van der Waals surface area contributed by atoms with Gasteiger partial charge in [-0.1, -0.05) is 91.0 Å². The highest BCUT2D eigenvalue weighted by Crippen LogP contribution is 2.42. The molecule has 0 saturated carbocycles. The number of hydrogen-bond acceptors (Lipinski definition) is 11. The molecule has 60 heavy (non-hydrogen) atoms.